The highest BCUT2D eigenvalue weighted by molar-refractivity contribution is 7.80. The Balaban J connectivity index is 1.41. The standard InChI is InChI=1S/C23H21Cl2FN6S/c1-14-22(15(2)32(30-14)12-17-6-7-18(24)9-21(17)25)29-23(33)28-20-10-27-31(13-20)11-16-4-3-5-19(26)8-16/h3-10,13H,11-12H2,1-2H3,(H2,28,29,33). The molecule has 0 aliphatic rings. The van der Waals surface area contributed by atoms with E-state index in [0.717, 1.165) is 33.9 Å². The Hall–Kier alpha value is -2.94. The Morgan fingerprint density at radius 2 is 1.91 bits per heavy atom. The average molecular weight is 503 g/mol. The smallest absolute Gasteiger partial charge is 0.175 e. The lowest BCUT2D eigenvalue weighted by Crippen LogP contribution is -2.19. The molecule has 0 aliphatic heterocycles. The molecule has 0 saturated carbocycles. The molecule has 0 spiro atoms. The van der Waals surface area contributed by atoms with Gasteiger partial charge in [-0.15, -0.1) is 0 Å². The highest BCUT2D eigenvalue weighted by Gasteiger charge is 2.14. The zero-order valence-electron chi connectivity index (χ0n) is 17.9. The summed E-state index contributed by atoms with van der Waals surface area (Å²) >= 11 is 17.8. The third-order valence-electron chi connectivity index (χ3n) is 5.08. The van der Waals surface area contributed by atoms with Crippen LogP contribution in [0.4, 0.5) is 15.8 Å². The van der Waals surface area contributed by atoms with Gasteiger partial charge in [0.1, 0.15) is 5.82 Å². The Morgan fingerprint density at radius 3 is 2.67 bits per heavy atom. The Morgan fingerprint density at radius 1 is 1.09 bits per heavy atom. The number of aryl methyl sites for hydroxylation is 1. The molecule has 0 radical (unpaired) electrons. The van der Waals surface area contributed by atoms with Crippen LogP contribution in [-0.4, -0.2) is 24.7 Å². The number of nitrogens with one attached hydrogen (secondary N) is 2. The molecule has 4 rings (SSSR count). The van der Waals surface area contributed by atoms with E-state index in [1.54, 1.807) is 29.1 Å². The molecule has 2 aromatic heterocycles. The molecule has 0 saturated heterocycles. The number of nitrogens with zero attached hydrogens (tertiary/aromatic N) is 4. The third-order valence-corrected chi connectivity index (χ3v) is 5.87. The maximum absolute atomic E-state index is 13.4. The molecule has 2 N–H and O–H groups in total. The summed E-state index contributed by atoms with van der Waals surface area (Å²) in [4.78, 5) is 0. The number of aromatic nitrogens is 4. The SMILES string of the molecule is Cc1nn(Cc2ccc(Cl)cc2Cl)c(C)c1NC(=S)Nc1cnn(Cc2cccc(F)c2)c1. The van der Waals surface area contributed by atoms with Gasteiger partial charge in [-0.05, 0) is 61.5 Å². The number of anilines is 2. The van der Waals surface area contributed by atoms with Crippen molar-refractivity contribution in [1.29, 1.82) is 0 Å². The van der Waals surface area contributed by atoms with Crippen LogP contribution in [0.25, 0.3) is 0 Å². The molecule has 2 heterocycles. The van der Waals surface area contributed by atoms with E-state index < -0.39 is 0 Å². The quantitative estimate of drug-likeness (QED) is 0.314. The summed E-state index contributed by atoms with van der Waals surface area (Å²) in [6, 6.07) is 11.9. The summed E-state index contributed by atoms with van der Waals surface area (Å²) in [5, 5.41) is 16.9. The largest absolute Gasteiger partial charge is 0.330 e. The Bertz CT molecular complexity index is 1320. The van der Waals surface area contributed by atoms with Gasteiger partial charge in [0.2, 0.25) is 0 Å². The van der Waals surface area contributed by atoms with Crippen molar-refractivity contribution in [3.8, 4) is 0 Å². The van der Waals surface area contributed by atoms with Gasteiger partial charge in [0.25, 0.3) is 0 Å². The van der Waals surface area contributed by atoms with Gasteiger partial charge in [-0.1, -0.05) is 41.4 Å². The first-order valence-electron chi connectivity index (χ1n) is 10.1. The number of rotatable bonds is 6. The molecule has 170 valence electrons. The minimum absolute atomic E-state index is 0.270. The molecule has 0 atom stereocenters. The van der Waals surface area contributed by atoms with Crippen molar-refractivity contribution in [3.63, 3.8) is 0 Å². The van der Waals surface area contributed by atoms with E-state index in [9.17, 15) is 4.39 Å². The van der Waals surface area contributed by atoms with Crippen LogP contribution >= 0.6 is 35.4 Å². The van der Waals surface area contributed by atoms with Crippen LogP contribution in [0.2, 0.25) is 10.0 Å². The maximum atomic E-state index is 13.4. The second kappa shape index (κ2) is 9.91. The van der Waals surface area contributed by atoms with Crippen LogP contribution < -0.4 is 10.6 Å². The summed E-state index contributed by atoms with van der Waals surface area (Å²) < 4.78 is 17.0. The molecule has 2 aromatic carbocycles. The molecular weight excluding hydrogens is 482 g/mol. The van der Waals surface area contributed by atoms with Crippen molar-refractivity contribution in [3.05, 3.63) is 93.2 Å². The molecule has 0 fully saturated rings. The zero-order valence-corrected chi connectivity index (χ0v) is 20.3. The van der Waals surface area contributed by atoms with Crippen molar-refractivity contribution in [2.24, 2.45) is 0 Å². The third kappa shape index (κ3) is 5.71. The molecular formula is C23H21Cl2FN6S. The maximum Gasteiger partial charge on any atom is 0.175 e. The summed E-state index contributed by atoms with van der Waals surface area (Å²) in [5.74, 6) is -0.270. The van der Waals surface area contributed by atoms with Gasteiger partial charge in [-0.2, -0.15) is 10.2 Å². The minimum Gasteiger partial charge on any atom is -0.330 e. The van der Waals surface area contributed by atoms with E-state index in [-0.39, 0.29) is 5.82 Å². The molecule has 0 bridgehead atoms. The monoisotopic (exact) mass is 502 g/mol. The lowest BCUT2D eigenvalue weighted by atomic mass is 10.2. The Kier molecular flexibility index (Phi) is 6.97. The van der Waals surface area contributed by atoms with E-state index in [1.807, 2.05) is 36.9 Å². The lowest BCUT2D eigenvalue weighted by Gasteiger charge is -2.10. The highest BCUT2D eigenvalue weighted by Crippen LogP contribution is 2.25. The predicted octanol–water partition coefficient (Wildman–Crippen LogP) is 6.05. The van der Waals surface area contributed by atoms with Crippen LogP contribution in [0.3, 0.4) is 0 Å². The molecule has 0 amide bonds. The molecule has 6 nitrogen and oxygen atoms in total. The van der Waals surface area contributed by atoms with Crippen LogP contribution in [0.5, 0.6) is 0 Å². The normalized spacial score (nSPS) is 10.9. The van der Waals surface area contributed by atoms with Gasteiger partial charge >= 0.3 is 0 Å². The average Bonchev–Trinajstić information content (AvgIpc) is 3.29. The lowest BCUT2D eigenvalue weighted by molar-refractivity contribution is 0.619. The van der Waals surface area contributed by atoms with Gasteiger partial charge in [-0.25, -0.2) is 4.39 Å². The van der Waals surface area contributed by atoms with Gasteiger partial charge in [0.15, 0.2) is 5.11 Å². The number of thiocarbonyl (C=S) groups is 1. The first-order valence-corrected chi connectivity index (χ1v) is 11.3. The van der Waals surface area contributed by atoms with Crippen LogP contribution in [0.1, 0.15) is 22.5 Å². The van der Waals surface area contributed by atoms with Crippen molar-refractivity contribution in [1.82, 2.24) is 19.6 Å². The zero-order chi connectivity index (χ0) is 23.5. The highest BCUT2D eigenvalue weighted by atomic mass is 35.5. The summed E-state index contributed by atoms with van der Waals surface area (Å²) in [5.41, 5.74) is 5.02. The van der Waals surface area contributed by atoms with Gasteiger partial charge in [-0.3, -0.25) is 9.36 Å². The first kappa shape index (κ1) is 23.2. The second-order valence-electron chi connectivity index (χ2n) is 7.57. The van der Waals surface area contributed by atoms with Crippen molar-refractivity contribution in [2.45, 2.75) is 26.9 Å². The minimum atomic E-state index is -0.270. The summed E-state index contributed by atoms with van der Waals surface area (Å²) in [7, 11) is 0. The molecule has 10 heteroatoms. The molecule has 4 aromatic rings. The molecule has 0 aliphatic carbocycles. The summed E-state index contributed by atoms with van der Waals surface area (Å²) in [6.07, 6.45) is 3.48. The fraction of sp³-hybridized carbons (Fsp3) is 0.174. The van der Waals surface area contributed by atoms with E-state index >= 15 is 0 Å². The van der Waals surface area contributed by atoms with E-state index in [2.05, 4.69) is 20.8 Å². The fourth-order valence-corrected chi connectivity index (χ4v) is 4.14. The number of halogens is 3. The van der Waals surface area contributed by atoms with Crippen molar-refractivity contribution < 1.29 is 4.39 Å². The number of hydrogen-bond donors (Lipinski definition) is 2. The molecule has 0 unspecified atom stereocenters. The number of benzene rings is 2. The first-order chi connectivity index (χ1) is 15.8. The Labute approximate surface area is 206 Å². The predicted molar refractivity (Wildman–Crippen MR) is 135 cm³/mol. The second-order valence-corrected chi connectivity index (χ2v) is 8.83. The van der Waals surface area contributed by atoms with E-state index in [0.29, 0.717) is 28.2 Å². The van der Waals surface area contributed by atoms with Crippen molar-refractivity contribution in [2.75, 3.05) is 10.6 Å². The van der Waals surface area contributed by atoms with Gasteiger partial charge in [0.05, 0.1) is 42.0 Å². The van der Waals surface area contributed by atoms with E-state index in [1.165, 1.54) is 12.1 Å². The fourth-order valence-electron chi connectivity index (χ4n) is 3.46. The molecule has 33 heavy (non-hydrogen) atoms. The van der Waals surface area contributed by atoms with E-state index in [4.69, 9.17) is 35.4 Å². The van der Waals surface area contributed by atoms with Gasteiger partial charge in [0, 0.05) is 16.2 Å². The van der Waals surface area contributed by atoms with Crippen LogP contribution in [0.15, 0.2) is 54.9 Å². The topological polar surface area (TPSA) is 59.7 Å². The van der Waals surface area contributed by atoms with Gasteiger partial charge < -0.3 is 10.6 Å². The summed E-state index contributed by atoms with van der Waals surface area (Å²) in [6.45, 7) is 4.84. The van der Waals surface area contributed by atoms with Crippen molar-refractivity contribution >= 4 is 51.9 Å². The van der Waals surface area contributed by atoms with Crippen LogP contribution in [0, 0.1) is 19.7 Å². The number of hydrogen-bond acceptors (Lipinski definition) is 3. The van der Waals surface area contributed by atoms with Crippen LogP contribution in [-0.2, 0) is 13.1 Å².